The Morgan fingerprint density at radius 2 is 2.60 bits per heavy atom. The summed E-state index contributed by atoms with van der Waals surface area (Å²) >= 11 is 1.74. The maximum Gasteiger partial charge on any atom is 0.168 e. The monoisotopic (exact) mass is 154 g/mol. The summed E-state index contributed by atoms with van der Waals surface area (Å²) < 4.78 is 0. The van der Waals surface area contributed by atoms with Crippen molar-refractivity contribution in [1.82, 2.24) is 4.90 Å². The quantitative estimate of drug-likeness (QED) is 0.527. The molecule has 0 saturated carbocycles. The number of nitrogens with zero attached hydrogens (tertiary/aromatic N) is 2. The summed E-state index contributed by atoms with van der Waals surface area (Å²) in [6.45, 7) is 5.36. The van der Waals surface area contributed by atoms with Crippen molar-refractivity contribution in [3.63, 3.8) is 0 Å². The van der Waals surface area contributed by atoms with Crippen molar-refractivity contribution in [2.24, 2.45) is 4.99 Å². The molecule has 2 aliphatic heterocycles. The third kappa shape index (κ3) is 0.770. The van der Waals surface area contributed by atoms with E-state index in [4.69, 9.17) is 0 Å². The van der Waals surface area contributed by atoms with Gasteiger partial charge in [0.05, 0.1) is 6.04 Å². The van der Waals surface area contributed by atoms with Crippen LogP contribution >= 0.6 is 11.8 Å². The van der Waals surface area contributed by atoms with Crippen LogP contribution in [0.5, 0.6) is 0 Å². The van der Waals surface area contributed by atoms with Crippen molar-refractivity contribution in [2.75, 3.05) is 6.54 Å². The largest absolute Gasteiger partial charge is 0.322 e. The fraction of sp³-hybridized carbons (Fsp3) is 0.571. The number of fused-ring (bicyclic) bond motifs is 1. The van der Waals surface area contributed by atoms with Crippen LogP contribution in [0.2, 0.25) is 0 Å². The van der Waals surface area contributed by atoms with Crippen LogP contribution in [-0.4, -0.2) is 22.7 Å². The van der Waals surface area contributed by atoms with E-state index in [1.54, 1.807) is 11.8 Å². The van der Waals surface area contributed by atoms with E-state index in [-0.39, 0.29) is 0 Å². The van der Waals surface area contributed by atoms with Gasteiger partial charge in [0.15, 0.2) is 5.17 Å². The molecule has 2 aliphatic rings. The number of hydrogen-bond acceptors (Lipinski definition) is 3. The van der Waals surface area contributed by atoms with Crippen molar-refractivity contribution < 1.29 is 0 Å². The summed E-state index contributed by atoms with van der Waals surface area (Å²) in [4.78, 5) is 6.73. The van der Waals surface area contributed by atoms with Gasteiger partial charge in [-0.1, -0.05) is 11.8 Å². The van der Waals surface area contributed by atoms with Gasteiger partial charge in [-0.2, -0.15) is 0 Å². The maximum atomic E-state index is 4.45. The van der Waals surface area contributed by atoms with Crippen molar-refractivity contribution in [3.05, 3.63) is 11.1 Å². The van der Waals surface area contributed by atoms with E-state index in [1.165, 1.54) is 10.9 Å². The van der Waals surface area contributed by atoms with Crippen molar-refractivity contribution in [1.29, 1.82) is 0 Å². The Morgan fingerprint density at radius 1 is 1.80 bits per heavy atom. The zero-order valence-electron chi connectivity index (χ0n) is 6.16. The first-order valence-corrected chi connectivity index (χ1v) is 4.34. The molecule has 0 fully saturated rings. The Hall–Kier alpha value is -0.440. The topological polar surface area (TPSA) is 15.6 Å². The molecule has 0 aliphatic carbocycles. The summed E-state index contributed by atoms with van der Waals surface area (Å²) in [6, 6.07) is 0.492. The van der Waals surface area contributed by atoms with Crippen LogP contribution in [0.4, 0.5) is 0 Å². The number of thioether (sulfide) groups is 1. The predicted molar refractivity (Wildman–Crippen MR) is 45.0 cm³/mol. The molecule has 1 unspecified atom stereocenters. The van der Waals surface area contributed by atoms with Crippen LogP contribution in [0, 0.1) is 0 Å². The zero-order valence-corrected chi connectivity index (χ0v) is 6.98. The number of hydrogen-bond donors (Lipinski definition) is 0. The molecule has 10 heavy (non-hydrogen) atoms. The molecule has 0 saturated heterocycles. The predicted octanol–water partition coefficient (Wildman–Crippen LogP) is 1.65. The maximum absolute atomic E-state index is 4.45. The standard InChI is InChI=1S/C7H10N2S/c1-5-3-9-6(2)4-10-7(9)8-5/h4-5H,3H2,1-2H3. The van der Waals surface area contributed by atoms with Crippen LogP contribution in [0.3, 0.4) is 0 Å². The molecule has 0 aromatic heterocycles. The summed E-state index contributed by atoms with van der Waals surface area (Å²) in [5, 5.41) is 3.34. The van der Waals surface area contributed by atoms with Crippen molar-refractivity contribution in [3.8, 4) is 0 Å². The molecule has 2 rings (SSSR count). The number of amidine groups is 1. The van der Waals surface area contributed by atoms with Gasteiger partial charge in [0.25, 0.3) is 0 Å². The van der Waals surface area contributed by atoms with Gasteiger partial charge in [0.1, 0.15) is 0 Å². The van der Waals surface area contributed by atoms with Gasteiger partial charge in [-0.05, 0) is 19.3 Å². The summed E-state index contributed by atoms with van der Waals surface area (Å²) in [5.41, 5.74) is 1.34. The molecule has 0 spiro atoms. The fourth-order valence-electron chi connectivity index (χ4n) is 1.23. The van der Waals surface area contributed by atoms with Crippen LogP contribution in [-0.2, 0) is 0 Å². The molecule has 3 heteroatoms. The fourth-order valence-corrected chi connectivity index (χ4v) is 2.22. The van der Waals surface area contributed by atoms with Gasteiger partial charge in [-0.25, -0.2) is 0 Å². The van der Waals surface area contributed by atoms with Crippen LogP contribution in [0.25, 0.3) is 0 Å². The summed E-state index contributed by atoms with van der Waals surface area (Å²) in [7, 11) is 0. The summed E-state index contributed by atoms with van der Waals surface area (Å²) in [5.74, 6) is 0. The zero-order chi connectivity index (χ0) is 7.14. The molecule has 2 nitrogen and oxygen atoms in total. The first-order valence-electron chi connectivity index (χ1n) is 3.46. The summed E-state index contributed by atoms with van der Waals surface area (Å²) in [6.07, 6.45) is 0. The Labute approximate surface area is 65.0 Å². The highest BCUT2D eigenvalue weighted by Crippen LogP contribution is 2.30. The van der Waals surface area contributed by atoms with Gasteiger partial charge >= 0.3 is 0 Å². The minimum atomic E-state index is 0.492. The van der Waals surface area contributed by atoms with E-state index in [9.17, 15) is 0 Å². The molecular weight excluding hydrogens is 144 g/mol. The molecule has 0 aromatic carbocycles. The highest BCUT2D eigenvalue weighted by molar-refractivity contribution is 8.16. The Balaban J connectivity index is 2.25. The van der Waals surface area contributed by atoms with Gasteiger partial charge in [-0.15, -0.1) is 0 Å². The van der Waals surface area contributed by atoms with Crippen LogP contribution < -0.4 is 0 Å². The van der Waals surface area contributed by atoms with Crippen molar-refractivity contribution in [2.45, 2.75) is 19.9 Å². The second-order valence-corrected chi connectivity index (χ2v) is 3.58. The third-order valence-corrected chi connectivity index (χ3v) is 2.76. The molecule has 0 radical (unpaired) electrons. The molecule has 0 N–H and O–H groups in total. The van der Waals surface area contributed by atoms with E-state index >= 15 is 0 Å². The first kappa shape index (κ1) is 6.28. The van der Waals surface area contributed by atoms with E-state index in [2.05, 4.69) is 29.1 Å². The normalized spacial score (nSPS) is 30.2. The SMILES string of the molecule is CC1=CSC2=NC(C)CN12. The lowest BCUT2D eigenvalue weighted by atomic mass is 10.3. The molecule has 0 amide bonds. The lowest BCUT2D eigenvalue weighted by Crippen LogP contribution is -2.21. The van der Waals surface area contributed by atoms with Gasteiger partial charge in [-0.3, -0.25) is 4.99 Å². The average Bonchev–Trinajstić information content (AvgIpc) is 2.35. The molecule has 0 aromatic rings. The molecule has 54 valence electrons. The molecule has 1 atom stereocenters. The first-order chi connectivity index (χ1) is 4.77. The van der Waals surface area contributed by atoms with Crippen LogP contribution in [0.1, 0.15) is 13.8 Å². The van der Waals surface area contributed by atoms with E-state index in [0.29, 0.717) is 6.04 Å². The van der Waals surface area contributed by atoms with Crippen LogP contribution in [0.15, 0.2) is 16.1 Å². The van der Waals surface area contributed by atoms with Crippen molar-refractivity contribution >= 4 is 16.9 Å². The number of allylic oxidation sites excluding steroid dienone is 1. The van der Waals surface area contributed by atoms with Gasteiger partial charge < -0.3 is 4.90 Å². The van der Waals surface area contributed by atoms with E-state index in [0.717, 1.165) is 6.54 Å². The Bertz CT molecular complexity index is 220. The minimum Gasteiger partial charge on any atom is -0.322 e. The smallest absolute Gasteiger partial charge is 0.168 e. The van der Waals surface area contributed by atoms with Gasteiger partial charge in [0, 0.05) is 12.2 Å². The third-order valence-electron chi connectivity index (χ3n) is 1.77. The highest BCUT2D eigenvalue weighted by Gasteiger charge is 2.26. The lowest BCUT2D eigenvalue weighted by Gasteiger charge is -2.12. The van der Waals surface area contributed by atoms with Gasteiger partial charge in [0.2, 0.25) is 0 Å². The highest BCUT2D eigenvalue weighted by atomic mass is 32.2. The molecular formula is C7H10N2S. The van der Waals surface area contributed by atoms with E-state index in [1.807, 2.05) is 0 Å². The number of rotatable bonds is 0. The Kier molecular flexibility index (Phi) is 1.27. The minimum absolute atomic E-state index is 0.492. The molecule has 2 heterocycles. The van der Waals surface area contributed by atoms with E-state index < -0.39 is 0 Å². The second-order valence-electron chi connectivity index (χ2n) is 2.75. The molecule has 0 bridgehead atoms. The Morgan fingerprint density at radius 3 is 3.30 bits per heavy atom. The number of aliphatic imine (C=N–C) groups is 1. The second kappa shape index (κ2) is 2.02. The average molecular weight is 154 g/mol. The lowest BCUT2D eigenvalue weighted by molar-refractivity contribution is 0.529.